The van der Waals surface area contributed by atoms with Gasteiger partial charge in [0.25, 0.3) is 5.91 Å². The van der Waals surface area contributed by atoms with Crippen molar-refractivity contribution in [3.8, 4) is 0 Å². The van der Waals surface area contributed by atoms with Crippen molar-refractivity contribution in [3.05, 3.63) is 69.7 Å². The second kappa shape index (κ2) is 6.14. The second-order valence-corrected chi connectivity index (χ2v) is 7.15. The molecule has 26 heavy (non-hydrogen) atoms. The molecule has 0 saturated carbocycles. The van der Waals surface area contributed by atoms with Crippen molar-refractivity contribution in [3.63, 3.8) is 0 Å². The molecular formula is C20H21N3O3. The second-order valence-electron chi connectivity index (χ2n) is 7.15. The number of hydrogen-bond acceptors (Lipinski definition) is 4. The molecule has 1 heterocycles. The normalized spacial score (nSPS) is 15.3. The minimum Gasteiger partial charge on any atom is -0.408 e. The Kier molecular flexibility index (Phi) is 3.92. The smallest absolute Gasteiger partial charge is 0.408 e. The molecule has 2 N–H and O–H groups in total. The van der Waals surface area contributed by atoms with Crippen LogP contribution in [0, 0.1) is 0 Å². The molecule has 6 heteroatoms. The molecule has 1 aliphatic rings. The summed E-state index contributed by atoms with van der Waals surface area (Å²) in [5.74, 6) is -0.682. The number of likely N-dealkylation sites (N-methyl/N-ethyl adjacent to an activating group) is 1. The first kappa shape index (κ1) is 16.6. The third kappa shape index (κ3) is 2.82. The molecule has 6 nitrogen and oxygen atoms in total. The summed E-state index contributed by atoms with van der Waals surface area (Å²) in [5, 5.41) is 3.07. The third-order valence-corrected chi connectivity index (χ3v) is 5.37. The maximum atomic E-state index is 12.6. The maximum Gasteiger partial charge on any atom is 0.417 e. The Morgan fingerprint density at radius 3 is 2.54 bits per heavy atom. The lowest BCUT2D eigenvalue weighted by Crippen LogP contribution is -2.53. The molecule has 0 unspecified atom stereocenters. The fourth-order valence-electron chi connectivity index (χ4n) is 3.71. The highest BCUT2D eigenvalue weighted by molar-refractivity contribution is 5.97. The number of fused-ring (bicyclic) bond motifs is 2. The molecule has 1 aliphatic carbocycles. The predicted octanol–water partition coefficient (Wildman–Crippen LogP) is 1.95. The summed E-state index contributed by atoms with van der Waals surface area (Å²) in [6.07, 6.45) is 1.81. The maximum absolute atomic E-state index is 12.6. The van der Waals surface area contributed by atoms with Gasteiger partial charge in [-0.2, -0.15) is 0 Å². The molecule has 0 atom stereocenters. The molecule has 4 rings (SSSR count). The molecule has 0 bridgehead atoms. The van der Waals surface area contributed by atoms with E-state index in [2.05, 4.69) is 53.6 Å². The van der Waals surface area contributed by atoms with Gasteiger partial charge < -0.3 is 14.6 Å². The van der Waals surface area contributed by atoms with Gasteiger partial charge in [0, 0.05) is 17.6 Å². The lowest BCUT2D eigenvalue weighted by molar-refractivity contribution is 0.0903. The fourth-order valence-corrected chi connectivity index (χ4v) is 3.71. The van der Waals surface area contributed by atoms with Crippen LogP contribution >= 0.6 is 0 Å². The van der Waals surface area contributed by atoms with Gasteiger partial charge in [-0.15, -0.1) is 0 Å². The van der Waals surface area contributed by atoms with Gasteiger partial charge in [-0.05, 0) is 56.3 Å². The summed E-state index contributed by atoms with van der Waals surface area (Å²) in [4.78, 5) is 28.7. The van der Waals surface area contributed by atoms with E-state index in [9.17, 15) is 9.59 Å². The lowest BCUT2D eigenvalue weighted by atomic mass is 9.94. The zero-order chi connectivity index (χ0) is 18.3. The number of nitrogens with zero attached hydrogens (tertiary/aromatic N) is 1. The van der Waals surface area contributed by atoms with Crippen molar-refractivity contribution < 1.29 is 9.21 Å². The average molecular weight is 351 g/mol. The largest absolute Gasteiger partial charge is 0.417 e. The number of benzene rings is 2. The first-order valence-corrected chi connectivity index (χ1v) is 8.62. The molecule has 0 fully saturated rings. The van der Waals surface area contributed by atoms with Crippen LogP contribution in [0.15, 0.2) is 51.7 Å². The first-order valence-electron chi connectivity index (χ1n) is 8.62. The van der Waals surface area contributed by atoms with Crippen LogP contribution in [0.2, 0.25) is 0 Å². The zero-order valence-electron chi connectivity index (χ0n) is 14.8. The number of aromatic amines is 1. The van der Waals surface area contributed by atoms with E-state index in [0.717, 1.165) is 12.8 Å². The molecule has 1 aromatic heterocycles. The van der Waals surface area contributed by atoms with E-state index in [1.807, 2.05) is 0 Å². The molecule has 0 aliphatic heterocycles. The van der Waals surface area contributed by atoms with Gasteiger partial charge in [-0.3, -0.25) is 9.78 Å². The first-order chi connectivity index (χ1) is 12.5. The number of hydrogen-bond donors (Lipinski definition) is 2. The van der Waals surface area contributed by atoms with Gasteiger partial charge in [0.15, 0.2) is 5.58 Å². The van der Waals surface area contributed by atoms with Crippen LogP contribution < -0.4 is 11.1 Å². The van der Waals surface area contributed by atoms with E-state index >= 15 is 0 Å². The van der Waals surface area contributed by atoms with Gasteiger partial charge in [0.05, 0.1) is 5.52 Å². The number of rotatable bonds is 4. The van der Waals surface area contributed by atoms with Crippen LogP contribution in [0.3, 0.4) is 0 Å². The van der Waals surface area contributed by atoms with Crippen LogP contribution in [0.5, 0.6) is 0 Å². The summed E-state index contributed by atoms with van der Waals surface area (Å²) < 4.78 is 4.98. The van der Waals surface area contributed by atoms with Crippen LogP contribution in [0.1, 0.15) is 21.5 Å². The molecular weight excluding hydrogens is 330 g/mol. The number of amides is 1. The third-order valence-electron chi connectivity index (χ3n) is 5.37. The van der Waals surface area contributed by atoms with Crippen LogP contribution in [0.4, 0.5) is 0 Å². The number of carbonyl (C=O) groups is 1. The Labute approximate surface area is 150 Å². The Bertz CT molecular complexity index is 1010. The summed E-state index contributed by atoms with van der Waals surface area (Å²) >= 11 is 0. The van der Waals surface area contributed by atoms with E-state index in [4.69, 9.17) is 4.42 Å². The molecule has 3 aromatic rings. The number of nitrogens with one attached hydrogen (secondary N) is 2. The summed E-state index contributed by atoms with van der Waals surface area (Å²) in [6, 6.07) is 13.4. The van der Waals surface area contributed by atoms with Gasteiger partial charge in [-0.1, -0.05) is 24.3 Å². The fraction of sp³-hybridized carbons (Fsp3) is 0.300. The van der Waals surface area contributed by atoms with Crippen LogP contribution in [-0.4, -0.2) is 42.0 Å². The number of aromatic nitrogens is 1. The standard InChI is InChI=1S/C20H21N3O3/c1-23(2)20(10-14-5-3-4-6-15(14)11-20)12-21-18(24)13-7-8-17-16(9-13)22-19(25)26-17/h3-9H,10-12H2,1-2H3,(H,21,24)(H,22,25). The van der Waals surface area contributed by atoms with E-state index in [1.165, 1.54) is 11.1 Å². The van der Waals surface area contributed by atoms with Crippen molar-refractivity contribution in [1.29, 1.82) is 0 Å². The highest BCUT2D eigenvalue weighted by atomic mass is 16.4. The quantitative estimate of drug-likeness (QED) is 0.753. The van der Waals surface area contributed by atoms with Crippen molar-refractivity contribution in [2.24, 2.45) is 0 Å². The highest BCUT2D eigenvalue weighted by Gasteiger charge is 2.39. The molecule has 134 valence electrons. The SMILES string of the molecule is CN(C)C1(CNC(=O)c2ccc3oc(=O)[nH]c3c2)Cc2ccccc2C1. The Morgan fingerprint density at radius 1 is 1.19 bits per heavy atom. The van der Waals surface area contributed by atoms with E-state index in [1.54, 1.807) is 18.2 Å². The Morgan fingerprint density at radius 2 is 1.88 bits per heavy atom. The van der Waals surface area contributed by atoms with Gasteiger partial charge in [0.2, 0.25) is 0 Å². The monoisotopic (exact) mass is 351 g/mol. The zero-order valence-corrected chi connectivity index (χ0v) is 14.8. The molecule has 0 radical (unpaired) electrons. The van der Waals surface area contributed by atoms with E-state index < -0.39 is 5.76 Å². The van der Waals surface area contributed by atoms with Crippen molar-refractivity contribution >= 4 is 17.0 Å². The predicted molar refractivity (Wildman–Crippen MR) is 99.4 cm³/mol. The topological polar surface area (TPSA) is 78.3 Å². The minimum absolute atomic E-state index is 0.132. The lowest BCUT2D eigenvalue weighted by Gasteiger charge is -2.36. The van der Waals surface area contributed by atoms with Crippen molar-refractivity contribution in [2.45, 2.75) is 18.4 Å². The number of oxazole rings is 1. The van der Waals surface area contributed by atoms with Gasteiger partial charge >= 0.3 is 5.76 Å². The summed E-state index contributed by atoms with van der Waals surface area (Å²) in [7, 11) is 4.11. The van der Waals surface area contributed by atoms with Crippen molar-refractivity contribution in [1.82, 2.24) is 15.2 Å². The van der Waals surface area contributed by atoms with Crippen LogP contribution in [-0.2, 0) is 12.8 Å². The highest BCUT2D eigenvalue weighted by Crippen LogP contribution is 2.33. The minimum atomic E-state index is -0.521. The molecule has 1 amide bonds. The van der Waals surface area contributed by atoms with Gasteiger partial charge in [0.1, 0.15) is 0 Å². The molecule has 0 spiro atoms. The molecule has 2 aromatic carbocycles. The number of H-pyrrole nitrogens is 1. The summed E-state index contributed by atoms with van der Waals surface area (Å²) in [6.45, 7) is 0.549. The van der Waals surface area contributed by atoms with Gasteiger partial charge in [-0.25, -0.2) is 4.79 Å². The number of carbonyl (C=O) groups excluding carboxylic acids is 1. The Balaban J connectivity index is 1.52. The Hall–Kier alpha value is -2.86. The molecule has 0 saturated heterocycles. The van der Waals surface area contributed by atoms with Crippen LogP contribution in [0.25, 0.3) is 11.1 Å². The summed E-state index contributed by atoms with van der Waals surface area (Å²) in [5.41, 5.74) is 4.02. The average Bonchev–Trinajstić information content (AvgIpc) is 3.18. The van der Waals surface area contributed by atoms with E-state index in [0.29, 0.717) is 23.2 Å². The van der Waals surface area contributed by atoms with E-state index in [-0.39, 0.29) is 11.4 Å². The van der Waals surface area contributed by atoms with Crippen molar-refractivity contribution in [2.75, 3.05) is 20.6 Å².